The van der Waals surface area contributed by atoms with Crippen molar-refractivity contribution in [3.05, 3.63) is 23.5 Å². The van der Waals surface area contributed by atoms with Crippen LogP contribution in [0, 0.1) is 12.7 Å². The molecule has 2 N–H and O–H groups in total. The van der Waals surface area contributed by atoms with Crippen LogP contribution >= 0.6 is 0 Å². The van der Waals surface area contributed by atoms with E-state index in [2.05, 4.69) is 0 Å². The Morgan fingerprint density at radius 3 is 2.58 bits per heavy atom. The van der Waals surface area contributed by atoms with Crippen molar-refractivity contribution in [2.45, 2.75) is 18.7 Å². The minimum Gasteiger partial charge on any atom is -0.396 e. The molecule has 0 aliphatic heterocycles. The van der Waals surface area contributed by atoms with Gasteiger partial charge in [0.25, 0.3) is 0 Å². The number of anilines is 1. The molecular weight excluding hydrogens is 271 g/mol. The molecule has 0 aromatic heterocycles. The van der Waals surface area contributed by atoms with E-state index in [4.69, 9.17) is 10.5 Å². The largest absolute Gasteiger partial charge is 0.396 e. The summed E-state index contributed by atoms with van der Waals surface area (Å²) in [5.74, 6) is -0.614. The van der Waals surface area contributed by atoms with Crippen LogP contribution in [0.25, 0.3) is 0 Å². The molecule has 19 heavy (non-hydrogen) atoms. The van der Waals surface area contributed by atoms with Gasteiger partial charge in [-0.2, -0.15) is 4.31 Å². The number of rotatable bonds is 6. The Kier molecular flexibility index (Phi) is 5.28. The molecule has 1 rings (SSSR count). The minimum atomic E-state index is -3.69. The topological polar surface area (TPSA) is 72.6 Å². The number of nitrogens with two attached hydrogens (primary N) is 1. The SMILES string of the molecule is CCN(CCOC)S(=O)(=O)c1cc(N)c(F)cc1C. The van der Waals surface area contributed by atoms with Gasteiger partial charge in [0.2, 0.25) is 10.0 Å². The first-order valence-electron chi connectivity index (χ1n) is 5.89. The lowest BCUT2D eigenvalue weighted by molar-refractivity contribution is 0.180. The maximum absolute atomic E-state index is 13.3. The first-order valence-corrected chi connectivity index (χ1v) is 7.33. The summed E-state index contributed by atoms with van der Waals surface area (Å²) in [7, 11) is -2.19. The van der Waals surface area contributed by atoms with Gasteiger partial charge < -0.3 is 10.5 Å². The molecule has 0 bridgehead atoms. The van der Waals surface area contributed by atoms with E-state index in [1.165, 1.54) is 11.4 Å². The summed E-state index contributed by atoms with van der Waals surface area (Å²) in [6.07, 6.45) is 0. The zero-order chi connectivity index (χ0) is 14.6. The van der Waals surface area contributed by atoms with E-state index in [9.17, 15) is 12.8 Å². The molecule has 0 amide bonds. The number of nitrogen functional groups attached to an aromatic ring is 1. The van der Waals surface area contributed by atoms with Gasteiger partial charge in [0, 0.05) is 20.2 Å². The number of sulfonamides is 1. The number of hydrogen-bond donors (Lipinski definition) is 1. The summed E-state index contributed by atoms with van der Waals surface area (Å²) >= 11 is 0. The summed E-state index contributed by atoms with van der Waals surface area (Å²) in [6.45, 7) is 4.12. The third-order valence-electron chi connectivity index (χ3n) is 2.81. The molecule has 0 spiro atoms. The maximum Gasteiger partial charge on any atom is 0.243 e. The van der Waals surface area contributed by atoms with Crippen LogP contribution in [-0.4, -0.2) is 39.5 Å². The molecule has 0 radical (unpaired) electrons. The van der Waals surface area contributed by atoms with Crippen LogP contribution in [0.4, 0.5) is 10.1 Å². The summed E-state index contributed by atoms with van der Waals surface area (Å²) in [5.41, 5.74) is 5.61. The highest BCUT2D eigenvalue weighted by molar-refractivity contribution is 7.89. The van der Waals surface area contributed by atoms with E-state index >= 15 is 0 Å². The molecule has 108 valence electrons. The second-order valence-corrected chi connectivity index (χ2v) is 6.04. The molecule has 0 saturated heterocycles. The van der Waals surface area contributed by atoms with Crippen molar-refractivity contribution in [3.63, 3.8) is 0 Å². The predicted octanol–water partition coefficient (Wildman–Crippen LogP) is 1.37. The standard InChI is InChI=1S/C12H19FN2O3S/c1-4-15(5-6-18-3)19(16,17)12-8-11(14)10(13)7-9(12)2/h7-8H,4-6,14H2,1-3H3. The van der Waals surface area contributed by atoms with Gasteiger partial charge in [-0.05, 0) is 24.6 Å². The van der Waals surface area contributed by atoms with Gasteiger partial charge in [-0.3, -0.25) is 0 Å². The second kappa shape index (κ2) is 6.31. The second-order valence-electron chi connectivity index (χ2n) is 4.13. The van der Waals surface area contributed by atoms with E-state index < -0.39 is 15.8 Å². The molecule has 7 heteroatoms. The lowest BCUT2D eigenvalue weighted by atomic mass is 10.2. The van der Waals surface area contributed by atoms with Crippen LogP contribution in [-0.2, 0) is 14.8 Å². The van der Waals surface area contributed by atoms with E-state index in [0.717, 1.165) is 12.1 Å². The molecule has 0 heterocycles. The van der Waals surface area contributed by atoms with E-state index in [1.807, 2.05) is 0 Å². The van der Waals surface area contributed by atoms with E-state index in [1.54, 1.807) is 13.8 Å². The van der Waals surface area contributed by atoms with Crippen molar-refractivity contribution in [2.24, 2.45) is 0 Å². The van der Waals surface area contributed by atoms with Crippen molar-refractivity contribution in [1.29, 1.82) is 0 Å². The highest BCUT2D eigenvalue weighted by Gasteiger charge is 2.25. The lowest BCUT2D eigenvalue weighted by Crippen LogP contribution is -2.34. The van der Waals surface area contributed by atoms with Crippen molar-refractivity contribution < 1.29 is 17.5 Å². The molecule has 1 aromatic rings. The van der Waals surface area contributed by atoms with Crippen LogP contribution in [0.2, 0.25) is 0 Å². The highest BCUT2D eigenvalue weighted by Crippen LogP contribution is 2.24. The summed E-state index contributed by atoms with van der Waals surface area (Å²) in [4.78, 5) is 0.0318. The van der Waals surface area contributed by atoms with Gasteiger partial charge in [-0.25, -0.2) is 12.8 Å². The van der Waals surface area contributed by atoms with Crippen LogP contribution in [0.1, 0.15) is 12.5 Å². The minimum absolute atomic E-state index is 0.0318. The molecular formula is C12H19FN2O3S. The van der Waals surface area contributed by atoms with Crippen molar-refractivity contribution in [3.8, 4) is 0 Å². The summed E-state index contributed by atoms with van der Waals surface area (Å²) in [5, 5.41) is 0. The van der Waals surface area contributed by atoms with Gasteiger partial charge in [-0.15, -0.1) is 0 Å². The Labute approximate surface area is 113 Å². The van der Waals surface area contributed by atoms with Crippen LogP contribution in [0.5, 0.6) is 0 Å². The number of hydrogen-bond acceptors (Lipinski definition) is 4. The molecule has 5 nitrogen and oxygen atoms in total. The van der Waals surface area contributed by atoms with Gasteiger partial charge >= 0.3 is 0 Å². The molecule has 0 unspecified atom stereocenters. The molecule has 0 aliphatic rings. The zero-order valence-electron chi connectivity index (χ0n) is 11.3. The fourth-order valence-corrected chi connectivity index (χ4v) is 3.40. The van der Waals surface area contributed by atoms with Gasteiger partial charge in [0.1, 0.15) is 5.82 Å². The average molecular weight is 290 g/mol. The number of methoxy groups -OCH3 is 1. The lowest BCUT2D eigenvalue weighted by Gasteiger charge is -2.21. The Morgan fingerprint density at radius 2 is 2.05 bits per heavy atom. The number of halogens is 1. The Hall–Kier alpha value is -1.18. The van der Waals surface area contributed by atoms with Gasteiger partial charge in [0.05, 0.1) is 17.2 Å². The fraction of sp³-hybridized carbons (Fsp3) is 0.500. The van der Waals surface area contributed by atoms with Crippen LogP contribution < -0.4 is 5.73 Å². The molecule has 1 aromatic carbocycles. The number of likely N-dealkylation sites (N-methyl/N-ethyl adjacent to an activating group) is 1. The van der Waals surface area contributed by atoms with E-state index in [-0.39, 0.29) is 17.1 Å². The predicted molar refractivity (Wildman–Crippen MR) is 71.9 cm³/mol. The molecule has 0 saturated carbocycles. The molecule has 0 aliphatic carbocycles. The smallest absolute Gasteiger partial charge is 0.243 e. The van der Waals surface area contributed by atoms with Gasteiger partial charge in [0.15, 0.2) is 0 Å². The first kappa shape index (κ1) is 15.9. The maximum atomic E-state index is 13.3. The molecule has 0 fully saturated rings. The Balaban J connectivity index is 3.22. The van der Waals surface area contributed by atoms with E-state index in [0.29, 0.717) is 18.7 Å². The summed E-state index contributed by atoms with van der Waals surface area (Å²) in [6, 6.07) is 2.29. The summed E-state index contributed by atoms with van der Waals surface area (Å²) < 4.78 is 44.3. The third kappa shape index (κ3) is 3.43. The number of nitrogens with zero attached hydrogens (tertiary/aromatic N) is 1. The fourth-order valence-electron chi connectivity index (χ4n) is 1.73. The number of aryl methyl sites for hydroxylation is 1. The molecule has 0 atom stereocenters. The van der Waals surface area contributed by atoms with Crippen LogP contribution in [0.15, 0.2) is 17.0 Å². The van der Waals surface area contributed by atoms with Crippen molar-refractivity contribution in [2.75, 3.05) is 32.5 Å². The monoisotopic (exact) mass is 290 g/mol. The highest BCUT2D eigenvalue weighted by atomic mass is 32.2. The van der Waals surface area contributed by atoms with Gasteiger partial charge in [-0.1, -0.05) is 6.92 Å². The van der Waals surface area contributed by atoms with Crippen molar-refractivity contribution in [1.82, 2.24) is 4.31 Å². The van der Waals surface area contributed by atoms with Crippen LogP contribution in [0.3, 0.4) is 0 Å². The first-order chi connectivity index (χ1) is 8.84. The van der Waals surface area contributed by atoms with Crippen molar-refractivity contribution >= 4 is 15.7 Å². The third-order valence-corrected chi connectivity index (χ3v) is 4.93. The Bertz CT molecular complexity index is 546. The number of benzene rings is 1. The number of ether oxygens (including phenoxy) is 1. The quantitative estimate of drug-likeness (QED) is 0.803. The zero-order valence-corrected chi connectivity index (χ0v) is 12.1. The normalized spacial score (nSPS) is 12.1. The Morgan fingerprint density at radius 1 is 1.42 bits per heavy atom. The average Bonchev–Trinajstić information content (AvgIpc) is 2.34.